The van der Waals surface area contributed by atoms with Gasteiger partial charge in [0.1, 0.15) is 0 Å². The zero-order valence-corrected chi connectivity index (χ0v) is 21.9. The van der Waals surface area contributed by atoms with Crippen LogP contribution in [-0.2, 0) is 16.8 Å². The Hall–Kier alpha value is -2.68. The molecule has 2 aromatic heterocycles. The van der Waals surface area contributed by atoms with Crippen molar-refractivity contribution in [2.75, 3.05) is 11.1 Å². The van der Waals surface area contributed by atoms with Gasteiger partial charge in [-0.25, -0.2) is 4.98 Å². The van der Waals surface area contributed by atoms with Crippen molar-refractivity contribution < 1.29 is 4.79 Å². The number of nitrogens with zero attached hydrogens (tertiary/aromatic N) is 4. The van der Waals surface area contributed by atoms with Crippen LogP contribution in [0.15, 0.2) is 59.1 Å². The van der Waals surface area contributed by atoms with Crippen molar-refractivity contribution in [2.45, 2.75) is 44.8 Å². The quantitative estimate of drug-likeness (QED) is 0.277. The molecule has 4 rings (SSSR count). The molecule has 0 aliphatic carbocycles. The number of aromatic nitrogens is 4. The molecule has 2 aromatic carbocycles. The maximum absolute atomic E-state index is 12.5. The van der Waals surface area contributed by atoms with Crippen molar-refractivity contribution in [2.24, 2.45) is 0 Å². The van der Waals surface area contributed by atoms with Crippen LogP contribution >= 0.6 is 34.7 Å². The van der Waals surface area contributed by atoms with Crippen molar-refractivity contribution in [3.8, 4) is 22.6 Å². The average molecular weight is 512 g/mol. The Labute approximate surface area is 212 Å². The third-order valence-electron chi connectivity index (χ3n) is 5.27. The van der Waals surface area contributed by atoms with Crippen LogP contribution in [0.3, 0.4) is 0 Å². The first-order valence-electron chi connectivity index (χ1n) is 10.9. The van der Waals surface area contributed by atoms with Crippen LogP contribution in [0.1, 0.15) is 33.3 Å². The van der Waals surface area contributed by atoms with E-state index in [1.807, 2.05) is 41.1 Å². The highest BCUT2D eigenvalue weighted by Crippen LogP contribution is 2.29. The molecule has 0 radical (unpaired) electrons. The minimum absolute atomic E-state index is 0.0956. The topological polar surface area (TPSA) is 72.7 Å². The number of nitrogens with one attached hydrogen (secondary N) is 1. The fraction of sp³-hybridized carbons (Fsp3) is 0.280. The van der Waals surface area contributed by atoms with Crippen LogP contribution in [0, 0.1) is 0 Å². The Morgan fingerprint density at radius 3 is 2.38 bits per heavy atom. The smallest absolute Gasteiger partial charge is 0.236 e. The van der Waals surface area contributed by atoms with Crippen LogP contribution in [0.5, 0.6) is 0 Å². The monoisotopic (exact) mass is 511 g/mol. The summed E-state index contributed by atoms with van der Waals surface area (Å²) in [6.07, 6.45) is 0. The summed E-state index contributed by atoms with van der Waals surface area (Å²) in [7, 11) is 0. The van der Waals surface area contributed by atoms with Crippen molar-refractivity contribution in [3.63, 3.8) is 0 Å². The van der Waals surface area contributed by atoms with Crippen LogP contribution in [0.25, 0.3) is 22.6 Å². The number of thiazole rings is 1. The predicted octanol–water partition coefficient (Wildman–Crippen LogP) is 6.77. The zero-order chi connectivity index (χ0) is 24.3. The Kier molecular flexibility index (Phi) is 7.40. The van der Waals surface area contributed by atoms with E-state index < -0.39 is 0 Å². The molecule has 1 amide bonds. The highest BCUT2D eigenvalue weighted by atomic mass is 35.5. The number of hydrogen-bond donors (Lipinski definition) is 1. The van der Waals surface area contributed by atoms with Gasteiger partial charge in [0.05, 0.1) is 11.4 Å². The lowest BCUT2D eigenvalue weighted by Crippen LogP contribution is -2.14. The molecule has 0 fully saturated rings. The average Bonchev–Trinajstić information content (AvgIpc) is 3.44. The number of benzene rings is 2. The van der Waals surface area contributed by atoms with Crippen LogP contribution in [0.2, 0.25) is 5.02 Å². The molecule has 4 aromatic rings. The van der Waals surface area contributed by atoms with E-state index in [0.717, 1.165) is 22.6 Å². The first kappa shape index (κ1) is 24.4. The fourth-order valence-electron chi connectivity index (χ4n) is 3.38. The van der Waals surface area contributed by atoms with E-state index in [9.17, 15) is 4.79 Å². The lowest BCUT2D eigenvalue weighted by molar-refractivity contribution is -0.113. The van der Waals surface area contributed by atoms with Crippen molar-refractivity contribution >= 4 is 45.7 Å². The number of halogens is 1. The number of rotatable bonds is 7. The van der Waals surface area contributed by atoms with Gasteiger partial charge >= 0.3 is 0 Å². The molecule has 0 atom stereocenters. The maximum atomic E-state index is 12.5. The van der Waals surface area contributed by atoms with E-state index >= 15 is 0 Å². The zero-order valence-electron chi connectivity index (χ0n) is 19.5. The Morgan fingerprint density at radius 2 is 1.74 bits per heavy atom. The molecule has 0 aliphatic heterocycles. The number of anilines is 1. The molecule has 6 nitrogen and oxygen atoms in total. The van der Waals surface area contributed by atoms with Crippen molar-refractivity contribution in [1.29, 1.82) is 0 Å². The first-order valence-corrected chi connectivity index (χ1v) is 13.2. The molecular weight excluding hydrogens is 486 g/mol. The fourth-order valence-corrected chi connectivity index (χ4v) is 5.05. The minimum atomic E-state index is -0.135. The van der Waals surface area contributed by atoms with Gasteiger partial charge in [-0.2, -0.15) is 0 Å². The molecule has 0 aliphatic rings. The minimum Gasteiger partial charge on any atom is -0.302 e. The third-order valence-corrected chi connectivity index (χ3v) is 7.24. The second kappa shape index (κ2) is 10.3. The van der Waals surface area contributed by atoms with Crippen molar-refractivity contribution in [3.05, 3.63) is 64.5 Å². The van der Waals surface area contributed by atoms with Gasteiger partial charge in [-0.05, 0) is 30.0 Å². The molecule has 1 N–H and O–H groups in total. The molecular formula is C25H26ClN5OS2. The summed E-state index contributed by atoms with van der Waals surface area (Å²) in [5, 5.41) is 15.5. The van der Waals surface area contributed by atoms with E-state index in [0.29, 0.717) is 21.9 Å². The standard InChI is InChI=1S/C25H26ClN5OS2/c1-5-31-22(17-6-10-18(11-7-17)25(2,3)4)29-30-24(31)34-15-21(32)28-23-27-20(14-33-23)16-8-12-19(26)13-9-16/h6-14H,5,15H2,1-4H3,(H,27,28,32). The Bertz CT molecular complexity index is 1270. The number of amides is 1. The lowest BCUT2D eigenvalue weighted by Gasteiger charge is -2.19. The van der Waals surface area contributed by atoms with Gasteiger partial charge in [-0.1, -0.05) is 80.5 Å². The number of carbonyl (C=O) groups is 1. The summed E-state index contributed by atoms with van der Waals surface area (Å²) in [5.74, 6) is 0.888. The highest BCUT2D eigenvalue weighted by Gasteiger charge is 2.17. The Morgan fingerprint density at radius 1 is 1.06 bits per heavy atom. The highest BCUT2D eigenvalue weighted by molar-refractivity contribution is 7.99. The van der Waals surface area contributed by atoms with E-state index in [1.165, 1.54) is 28.7 Å². The van der Waals surface area contributed by atoms with E-state index in [4.69, 9.17) is 11.6 Å². The summed E-state index contributed by atoms with van der Waals surface area (Å²) in [5.41, 5.74) is 4.13. The van der Waals surface area contributed by atoms with Gasteiger partial charge in [0.2, 0.25) is 5.91 Å². The van der Waals surface area contributed by atoms with E-state index in [1.54, 1.807) is 0 Å². The second-order valence-corrected chi connectivity index (χ2v) is 11.0. The van der Waals surface area contributed by atoms with Gasteiger partial charge in [0, 0.05) is 28.1 Å². The molecule has 0 bridgehead atoms. The molecule has 176 valence electrons. The lowest BCUT2D eigenvalue weighted by atomic mass is 9.87. The van der Waals surface area contributed by atoms with Gasteiger partial charge in [0.15, 0.2) is 16.1 Å². The predicted molar refractivity (Wildman–Crippen MR) is 142 cm³/mol. The number of thioether (sulfide) groups is 1. The van der Waals surface area contributed by atoms with Crippen LogP contribution in [0.4, 0.5) is 5.13 Å². The molecule has 34 heavy (non-hydrogen) atoms. The third kappa shape index (κ3) is 5.68. The van der Waals surface area contributed by atoms with Gasteiger partial charge in [-0.15, -0.1) is 21.5 Å². The summed E-state index contributed by atoms with van der Waals surface area (Å²) >= 11 is 8.71. The molecule has 9 heteroatoms. The number of hydrogen-bond acceptors (Lipinski definition) is 6. The van der Waals surface area contributed by atoms with E-state index in [-0.39, 0.29) is 17.1 Å². The Balaban J connectivity index is 1.40. The maximum Gasteiger partial charge on any atom is 0.236 e. The molecule has 0 saturated heterocycles. The van der Waals surface area contributed by atoms with Gasteiger partial charge in [-0.3, -0.25) is 4.79 Å². The normalized spacial score (nSPS) is 11.6. The summed E-state index contributed by atoms with van der Waals surface area (Å²) < 4.78 is 2.03. The molecule has 0 unspecified atom stereocenters. The van der Waals surface area contributed by atoms with Gasteiger partial charge < -0.3 is 9.88 Å². The SMILES string of the molecule is CCn1c(SCC(=O)Nc2nc(-c3ccc(Cl)cc3)cs2)nnc1-c1ccc(C(C)(C)C)cc1. The van der Waals surface area contributed by atoms with E-state index in [2.05, 4.69) is 65.5 Å². The van der Waals surface area contributed by atoms with Crippen LogP contribution in [-0.4, -0.2) is 31.4 Å². The molecule has 2 heterocycles. The largest absolute Gasteiger partial charge is 0.302 e. The molecule has 0 spiro atoms. The van der Waals surface area contributed by atoms with Crippen LogP contribution < -0.4 is 5.32 Å². The van der Waals surface area contributed by atoms with Gasteiger partial charge in [0.25, 0.3) is 0 Å². The van der Waals surface area contributed by atoms with Crippen molar-refractivity contribution in [1.82, 2.24) is 19.7 Å². The summed E-state index contributed by atoms with van der Waals surface area (Å²) in [4.78, 5) is 17.1. The summed E-state index contributed by atoms with van der Waals surface area (Å²) in [6, 6.07) is 15.9. The second-order valence-electron chi connectivity index (χ2n) is 8.76. The number of carbonyl (C=O) groups excluding carboxylic acids is 1. The first-order chi connectivity index (χ1) is 16.2. The molecule has 0 saturated carbocycles. The summed E-state index contributed by atoms with van der Waals surface area (Å²) in [6.45, 7) is 9.35.